The van der Waals surface area contributed by atoms with Gasteiger partial charge in [-0.15, -0.1) is 0 Å². The molecule has 0 aliphatic carbocycles. The molecule has 2 aliphatic rings. The van der Waals surface area contributed by atoms with Crippen LogP contribution in [-0.2, 0) is 4.74 Å². The number of rotatable bonds is 6. The molecule has 0 aromatic carbocycles. The van der Waals surface area contributed by atoms with Crippen LogP contribution in [0.15, 0.2) is 47.6 Å². The molecular weight excluding hydrogens is 428 g/mol. The van der Waals surface area contributed by atoms with Gasteiger partial charge in [-0.2, -0.15) is 4.98 Å². The molecule has 3 aromatic heterocycles. The van der Waals surface area contributed by atoms with Crippen LogP contribution in [0.3, 0.4) is 0 Å². The summed E-state index contributed by atoms with van der Waals surface area (Å²) in [5, 5.41) is 2.68. The second-order valence-corrected chi connectivity index (χ2v) is 7.92. The number of ether oxygens (including phenoxy) is 2. The molecule has 0 saturated carbocycles. The predicted molar refractivity (Wildman–Crippen MR) is 115 cm³/mol. The van der Waals surface area contributed by atoms with Crippen LogP contribution in [-0.4, -0.2) is 57.1 Å². The van der Waals surface area contributed by atoms with Gasteiger partial charge in [-0.05, 0) is 25.0 Å². The largest absolute Gasteiger partial charge is 0.465 e. The van der Waals surface area contributed by atoms with Crippen LogP contribution < -0.4 is 15.0 Å². The Hall–Kier alpha value is -4.02. The van der Waals surface area contributed by atoms with Gasteiger partial charge in [0.05, 0.1) is 12.8 Å². The van der Waals surface area contributed by atoms with E-state index in [1.807, 2.05) is 0 Å². The van der Waals surface area contributed by atoms with Gasteiger partial charge in [-0.1, -0.05) is 0 Å². The van der Waals surface area contributed by atoms with Crippen LogP contribution in [0.25, 0.3) is 0 Å². The van der Waals surface area contributed by atoms with Crippen molar-refractivity contribution in [3.63, 3.8) is 0 Å². The molecule has 33 heavy (non-hydrogen) atoms. The van der Waals surface area contributed by atoms with Gasteiger partial charge in [0.2, 0.25) is 0 Å². The zero-order valence-electron chi connectivity index (χ0n) is 17.9. The first-order chi connectivity index (χ1) is 16.1. The minimum atomic E-state index is -0.596. The van der Waals surface area contributed by atoms with E-state index >= 15 is 0 Å². The smallest absolute Gasteiger partial charge is 0.341 e. The molecular formula is C22H22N6O5. The summed E-state index contributed by atoms with van der Waals surface area (Å²) in [4.78, 5) is 43.4. The first kappa shape index (κ1) is 20.9. The second-order valence-electron chi connectivity index (χ2n) is 7.92. The molecule has 2 fully saturated rings. The van der Waals surface area contributed by atoms with Crippen LogP contribution in [0.5, 0.6) is 6.01 Å². The van der Waals surface area contributed by atoms with Crippen molar-refractivity contribution in [2.45, 2.75) is 43.9 Å². The average molecular weight is 450 g/mol. The summed E-state index contributed by atoms with van der Waals surface area (Å²) in [5.41, 5.74) is 0.556. The van der Waals surface area contributed by atoms with Gasteiger partial charge in [0.1, 0.15) is 17.9 Å². The van der Waals surface area contributed by atoms with E-state index in [-0.39, 0.29) is 35.1 Å². The quantitative estimate of drug-likeness (QED) is 0.558. The highest BCUT2D eigenvalue weighted by atomic mass is 16.5. The summed E-state index contributed by atoms with van der Waals surface area (Å²) in [6, 6.07) is 4.45. The van der Waals surface area contributed by atoms with Crippen LogP contribution in [0.4, 0.5) is 11.7 Å². The lowest BCUT2D eigenvalue weighted by Crippen LogP contribution is -2.46. The maximum absolute atomic E-state index is 12.7. The summed E-state index contributed by atoms with van der Waals surface area (Å²) >= 11 is 0. The number of amides is 1. The van der Waals surface area contributed by atoms with Gasteiger partial charge in [-0.3, -0.25) is 9.78 Å². The van der Waals surface area contributed by atoms with Crippen LogP contribution in [0, 0.1) is 0 Å². The standard InChI is InChI=1S/C22H22N6O5/c1-31-20(30)16-11-23-8-5-17(16)26-19(29)18-12-32-22(27-18)28-13-3-4-14(28)10-15(9-13)33-21-24-6-2-7-25-21/h2,5-8,11-15H,3-4,9-10H2,1H3,(H,23,26,29)/t13-,14+,15+. The Morgan fingerprint density at radius 3 is 2.64 bits per heavy atom. The molecule has 1 amide bonds. The number of anilines is 2. The van der Waals surface area contributed by atoms with Crippen molar-refractivity contribution >= 4 is 23.6 Å². The molecule has 170 valence electrons. The van der Waals surface area contributed by atoms with Crippen LogP contribution in [0.2, 0.25) is 0 Å². The minimum absolute atomic E-state index is 0.0160. The number of aromatic nitrogens is 4. The lowest BCUT2D eigenvalue weighted by atomic mass is 10.0. The molecule has 2 saturated heterocycles. The highest BCUT2D eigenvalue weighted by Gasteiger charge is 2.44. The molecule has 1 N–H and O–H groups in total. The minimum Gasteiger partial charge on any atom is -0.465 e. The van der Waals surface area contributed by atoms with Crippen LogP contribution >= 0.6 is 0 Å². The monoisotopic (exact) mass is 450 g/mol. The molecule has 0 radical (unpaired) electrons. The zero-order chi connectivity index (χ0) is 22.8. The van der Waals surface area contributed by atoms with E-state index < -0.39 is 11.9 Å². The van der Waals surface area contributed by atoms with E-state index in [1.165, 1.54) is 31.8 Å². The number of oxazole rings is 1. The van der Waals surface area contributed by atoms with Crippen molar-refractivity contribution in [1.29, 1.82) is 0 Å². The molecule has 0 spiro atoms. The number of piperidine rings is 1. The van der Waals surface area contributed by atoms with Crippen molar-refractivity contribution in [2.75, 3.05) is 17.3 Å². The Balaban J connectivity index is 1.27. The maximum Gasteiger partial charge on any atom is 0.341 e. The lowest BCUT2D eigenvalue weighted by Gasteiger charge is -2.37. The summed E-state index contributed by atoms with van der Waals surface area (Å²) < 4.78 is 16.4. The van der Waals surface area contributed by atoms with Gasteiger partial charge in [0.25, 0.3) is 11.9 Å². The Labute approximate surface area is 189 Å². The molecule has 3 aromatic rings. The Kier molecular flexibility index (Phi) is 5.59. The molecule has 5 heterocycles. The van der Waals surface area contributed by atoms with Gasteiger partial charge in [0, 0.05) is 49.7 Å². The van der Waals surface area contributed by atoms with Crippen molar-refractivity contribution in [2.24, 2.45) is 0 Å². The molecule has 11 nitrogen and oxygen atoms in total. The first-order valence-corrected chi connectivity index (χ1v) is 10.6. The Morgan fingerprint density at radius 2 is 1.91 bits per heavy atom. The normalized spacial score (nSPS) is 21.5. The molecule has 2 aliphatic heterocycles. The number of hydrogen-bond donors (Lipinski definition) is 1. The number of esters is 1. The third-order valence-electron chi connectivity index (χ3n) is 5.92. The molecule has 11 heteroatoms. The zero-order valence-corrected chi connectivity index (χ0v) is 17.9. The summed E-state index contributed by atoms with van der Waals surface area (Å²) in [7, 11) is 1.26. The van der Waals surface area contributed by atoms with Crippen molar-refractivity contribution < 1.29 is 23.5 Å². The lowest BCUT2D eigenvalue weighted by molar-refractivity contribution is 0.0601. The van der Waals surface area contributed by atoms with E-state index in [0.29, 0.717) is 12.0 Å². The van der Waals surface area contributed by atoms with Crippen LogP contribution in [0.1, 0.15) is 46.5 Å². The van der Waals surface area contributed by atoms with Gasteiger partial charge in [-0.25, -0.2) is 14.8 Å². The maximum atomic E-state index is 12.7. The third-order valence-corrected chi connectivity index (χ3v) is 5.92. The Morgan fingerprint density at radius 1 is 1.15 bits per heavy atom. The molecule has 2 bridgehead atoms. The summed E-state index contributed by atoms with van der Waals surface area (Å²) in [6.07, 6.45) is 11.0. The average Bonchev–Trinajstić information content (AvgIpc) is 3.42. The first-order valence-electron chi connectivity index (χ1n) is 10.6. The van der Waals surface area contributed by atoms with Gasteiger partial charge >= 0.3 is 12.0 Å². The number of carbonyl (C=O) groups excluding carboxylic acids is 2. The molecule has 3 atom stereocenters. The fourth-order valence-corrected chi connectivity index (χ4v) is 4.48. The fraction of sp³-hybridized carbons (Fsp3) is 0.364. The number of methoxy groups -OCH3 is 1. The van der Waals surface area contributed by atoms with Gasteiger partial charge < -0.3 is 24.1 Å². The van der Waals surface area contributed by atoms with E-state index in [1.54, 1.807) is 18.5 Å². The number of fused-ring (bicyclic) bond motifs is 2. The second kappa shape index (κ2) is 8.85. The van der Waals surface area contributed by atoms with Crippen molar-refractivity contribution in [3.05, 3.63) is 54.4 Å². The number of hydrogen-bond acceptors (Lipinski definition) is 10. The number of carbonyl (C=O) groups is 2. The van der Waals surface area contributed by atoms with E-state index in [2.05, 4.69) is 30.2 Å². The Bertz CT molecular complexity index is 1140. The predicted octanol–water partition coefficient (Wildman–Crippen LogP) is 2.48. The highest BCUT2D eigenvalue weighted by molar-refractivity contribution is 6.06. The number of nitrogens with one attached hydrogen (secondary N) is 1. The van der Waals surface area contributed by atoms with E-state index in [9.17, 15) is 9.59 Å². The molecule has 5 rings (SSSR count). The topological polar surface area (TPSA) is 133 Å². The van der Waals surface area contributed by atoms with Crippen molar-refractivity contribution in [3.8, 4) is 6.01 Å². The van der Waals surface area contributed by atoms with Gasteiger partial charge in [0.15, 0.2) is 5.69 Å². The molecule has 0 unspecified atom stereocenters. The SMILES string of the molecule is COC(=O)c1cnccc1NC(=O)c1coc(N2[C@@H]3CC[C@H]2C[C@@H](Oc2ncccn2)C3)n1. The van der Waals surface area contributed by atoms with Crippen molar-refractivity contribution in [1.82, 2.24) is 19.9 Å². The number of nitrogens with zero attached hydrogens (tertiary/aromatic N) is 5. The highest BCUT2D eigenvalue weighted by Crippen LogP contribution is 2.39. The van der Waals surface area contributed by atoms with E-state index in [4.69, 9.17) is 13.9 Å². The summed E-state index contributed by atoms with van der Waals surface area (Å²) in [6.45, 7) is 0. The van der Waals surface area contributed by atoms with E-state index in [0.717, 1.165) is 25.7 Å². The fourth-order valence-electron chi connectivity index (χ4n) is 4.48. The third kappa shape index (κ3) is 4.21. The summed E-state index contributed by atoms with van der Waals surface area (Å²) in [5.74, 6) is -1.09. The number of pyridine rings is 1.